The van der Waals surface area contributed by atoms with Crippen molar-refractivity contribution in [2.45, 2.75) is 39.2 Å². The second-order valence-corrected chi connectivity index (χ2v) is 10.1. The van der Waals surface area contributed by atoms with Crippen LogP contribution in [0.4, 0.5) is 4.79 Å². The SMILES string of the molecule is CC(=O)c1ccc(-c2ccc3c(c2)C(=O)NC[C@@H]2CN(C(=O)OC(C)(C)C)C[C@@H]32)s1. The number of Topliss-reactive ketones (excluding diaryl/α,β-unsaturated/α-hetero) is 1. The van der Waals surface area contributed by atoms with Crippen LogP contribution >= 0.6 is 11.3 Å². The van der Waals surface area contributed by atoms with E-state index in [1.807, 2.05) is 51.1 Å². The monoisotopic (exact) mass is 426 g/mol. The Morgan fingerprint density at radius 3 is 2.60 bits per heavy atom. The molecule has 0 unspecified atom stereocenters. The number of carbonyl (C=O) groups is 3. The van der Waals surface area contributed by atoms with E-state index in [9.17, 15) is 14.4 Å². The molecule has 30 heavy (non-hydrogen) atoms. The largest absolute Gasteiger partial charge is 0.444 e. The van der Waals surface area contributed by atoms with Crippen LogP contribution in [0.15, 0.2) is 30.3 Å². The lowest BCUT2D eigenvalue weighted by atomic mass is 9.86. The molecule has 0 saturated carbocycles. The van der Waals surface area contributed by atoms with Crippen LogP contribution in [0.5, 0.6) is 0 Å². The van der Waals surface area contributed by atoms with E-state index in [2.05, 4.69) is 5.32 Å². The highest BCUT2D eigenvalue weighted by molar-refractivity contribution is 7.17. The fraction of sp³-hybridized carbons (Fsp3) is 0.435. The summed E-state index contributed by atoms with van der Waals surface area (Å²) in [6.07, 6.45) is -0.310. The third kappa shape index (κ3) is 3.99. The Bertz CT molecular complexity index is 1020. The number of nitrogens with zero attached hydrogens (tertiary/aromatic N) is 1. The third-order valence-corrected chi connectivity index (χ3v) is 6.79. The van der Waals surface area contributed by atoms with Crippen molar-refractivity contribution in [2.24, 2.45) is 5.92 Å². The van der Waals surface area contributed by atoms with Crippen LogP contribution in [0.25, 0.3) is 10.4 Å². The summed E-state index contributed by atoms with van der Waals surface area (Å²) >= 11 is 1.43. The van der Waals surface area contributed by atoms with E-state index >= 15 is 0 Å². The van der Waals surface area contributed by atoms with Crippen molar-refractivity contribution < 1.29 is 19.1 Å². The number of carbonyl (C=O) groups excluding carboxylic acids is 3. The summed E-state index contributed by atoms with van der Waals surface area (Å²) in [5.74, 6) is 0.180. The van der Waals surface area contributed by atoms with Crippen LogP contribution in [0.1, 0.15) is 59.2 Å². The number of nitrogens with one attached hydrogen (secondary N) is 1. The van der Waals surface area contributed by atoms with E-state index < -0.39 is 5.60 Å². The number of rotatable bonds is 2. The lowest BCUT2D eigenvalue weighted by molar-refractivity contribution is 0.0286. The third-order valence-electron chi connectivity index (χ3n) is 5.55. The second kappa shape index (κ2) is 7.54. The number of hydrogen-bond donors (Lipinski definition) is 1. The molecule has 0 aliphatic carbocycles. The molecular weight excluding hydrogens is 400 g/mol. The summed E-state index contributed by atoms with van der Waals surface area (Å²) in [6.45, 7) is 8.76. The number of ketones is 1. The van der Waals surface area contributed by atoms with Crippen molar-refractivity contribution >= 4 is 29.1 Å². The first-order valence-corrected chi connectivity index (χ1v) is 11.0. The molecule has 1 aromatic heterocycles. The number of hydrogen-bond acceptors (Lipinski definition) is 5. The van der Waals surface area contributed by atoms with Crippen molar-refractivity contribution in [1.82, 2.24) is 10.2 Å². The maximum atomic E-state index is 12.8. The van der Waals surface area contributed by atoms with Crippen molar-refractivity contribution in [3.63, 3.8) is 0 Å². The molecule has 0 radical (unpaired) electrons. The summed E-state index contributed by atoms with van der Waals surface area (Å²) in [5.41, 5.74) is 1.99. The minimum atomic E-state index is -0.539. The van der Waals surface area contributed by atoms with E-state index in [0.717, 1.165) is 16.0 Å². The van der Waals surface area contributed by atoms with Gasteiger partial charge < -0.3 is 15.0 Å². The van der Waals surface area contributed by atoms with Crippen LogP contribution in [0.2, 0.25) is 0 Å². The Kier molecular flexibility index (Phi) is 5.18. The first kappa shape index (κ1) is 20.6. The Morgan fingerprint density at radius 2 is 1.93 bits per heavy atom. The van der Waals surface area contributed by atoms with Crippen molar-refractivity contribution in [1.29, 1.82) is 0 Å². The summed E-state index contributed by atoms with van der Waals surface area (Å²) in [6, 6.07) is 9.64. The number of fused-ring (bicyclic) bond motifs is 3. The number of likely N-dealkylation sites (tertiary alicyclic amines) is 1. The highest BCUT2D eigenvalue weighted by atomic mass is 32.1. The van der Waals surface area contributed by atoms with Gasteiger partial charge in [0.2, 0.25) is 0 Å². The average Bonchev–Trinajstić information content (AvgIpc) is 3.29. The van der Waals surface area contributed by atoms with Gasteiger partial charge in [0.25, 0.3) is 5.91 Å². The van der Waals surface area contributed by atoms with Gasteiger partial charge in [0, 0.05) is 41.9 Å². The Balaban J connectivity index is 1.63. The van der Waals surface area contributed by atoms with Crippen LogP contribution in [-0.4, -0.2) is 47.9 Å². The highest BCUT2D eigenvalue weighted by Crippen LogP contribution is 2.39. The van der Waals surface area contributed by atoms with Gasteiger partial charge in [-0.15, -0.1) is 11.3 Å². The summed E-state index contributed by atoms with van der Waals surface area (Å²) < 4.78 is 5.54. The molecule has 2 amide bonds. The van der Waals surface area contributed by atoms with Gasteiger partial charge in [0.05, 0.1) is 4.88 Å². The van der Waals surface area contributed by atoms with E-state index in [1.54, 1.807) is 11.8 Å². The number of amides is 2. The van der Waals surface area contributed by atoms with Crippen molar-refractivity contribution in [3.8, 4) is 10.4 Å². The predicted octanol–water partition coefficient (Wildman–Crippen LogP) is 4.31. The zero-order valence-electron chi connectivity index (χ0n) is 17.7. The van der Waals surface area contributed by atoms with Gasteiger partial charge in [-0.3, -0.25) is 9.59 Å². The molecule has 2 aromatic rings. The summed E-state index contributed by atoms with van der Waals surface area (Å²) in [4.78, 5) is 40.3. The van der Waals surface area contributed by atoms with E-state index in [0.29, 0.717) is 30.1 Å². The fourth-order valence-corrected chi connectivity index (χ4v) is 5.03. The van der Waals surface area contributed by atoms with Gasteiger partial charge in [-0.2, -0.15) is 0 Å². The van der Waals surface area contributed by atoms with Gasteiger partial charge in [-0.1, -0.05) is 12.1 Å². The number of benzene rings is 1. The minimum absolute atomic E-state index is 0.0368. The number of ether oxygens (including phenoxy) is 1. The molecule has 2 aliphatic heterocycles. The maximum absolute atomic E-state index is 12.8. The standard InChI is InChI=1S/C23H26N2O4S/c1-13(26)19-7-8-20(30-19)14-5-6-16-17(9-14)21(27)24-10-15-11-25(12-18(15)16)22(28)29-23(2,3)4/h5-9,15,18H,10-12H2,1-4H3,(H,24,27)/t15-,18-/m1/s1. The quantitative estimate of drug-likeness (QED) is 0.726. The topological polar surface area (TPSA) is 75.7 Å². The lowest BCUT2D eigenvalue weighted by Gasteiger charge is -2.24. The van der Waals surface area contributed by atoms with Gasteiger partial charge >= 0.3 is 6.09 Å². The van der Waals surface area contributed by atoms with Gasteiger partial charge in [0.15, 0.2) is 5.78 Å². The van der Waals surface area contributed by atoms with E-state index in [-0.39, 0.29) is 29.6 Å². The summed E-state index contributed by atoms with van der Waals surface area (Å²) in [7, 11) is 0. The molecule has 0 spiro atoms. The van der Waals surface area contributed by atoms with Crippen LogP contribution in [0.3, 0.4) is 0 Å². The lowest BCUT2D eigenvalue weighted by Crippen LogP contribution is -2.36. The Hall–Kier alpha value is -2.67. The van der Waals surface area contributed by atoms with Crippen LogP contribution in [-0.2, 0) is 4.74 Å². The molecule has 4 rings (SSSR count). The molecule has 158 valence electrons. The summed E-state index contributed by atoms with van der Waals surface area (Å²) in [5, 5.41) is 3.01. The van der Waals surface area contributed by atoms with Gasteiger partial charge in [-0.05, 0) is 57.0 Å². The highest BCUT2D eigenvalue weighted by Gasteiger charge is 2.41. The molecule has 0 bridgehead atoms. The zero-order chi connectivity index (χ0) is 21.6. The predicted molar refractivity (Wildman–Crippen MR) is 116 cm³/mol. The molecule has 7 heteroatoms. The second-order valence-electron chi connectivity index (χ2n) is 8.98. The van der Waals surface area contributed by atoms with Crippen LogP contribution < -0.4 is 5.32 Å². The normalized spacial score (nSPS) is 20.8. The molecule has 2 atom stereocenters. The van der Waals surface area contributed by atoms with Crippen molar-refractivity contribution in [2.75, 3.05) is 19.6 Å². The van der Waals surface area contributed by atoms with Crippen LogP contribution in [0, 0.1) is 5.92 Å². The molecule has 6 nitrogen and oxygen atoms in total. The van der Waals surface area contributed by atoms with Crippen molar-refractivity contribution in [3.05, 3.63) is 46.3 Å². The molecule has 2 aliphatic rings. The first-order valence-electron chi connectivity index (χ1n) is 10.1. The maximum Gasteiger partial charge on any atom is 0.410 e. The fourth-order valence-electron chi connectivity index (χ4n) is 4.14. The Labute approximate surface area is 180 Å². The molecule has 1 N–H and O–H groups in total. The zero-order valence-corrected chi connectivity index (χ0v) is 18.5. The molecule has 3 heterocycles. The molecule has 1 aromatic carbocycles. The van der Waals surface area contributed by atoms with E-state index in [4.69, 9.17) is 4.74 Å². The van der Waals surface area contributed by atoms with E-state index in [1.165, 1.54) is 11.3 Å². The molecule has 1 saturated heterocycles. The van der Waals surface area contributed by atoms with Gasteiger partial charge in [0.1, 0.15) is 5.60 Å². The minimum Gasteiger partial charge on any atom is -0.444 e. The Morgan fingerprint density at radius 1 is 1.17 bits per heavy atom. The van der Waals surface area contributed by atoms with Gasteiger partial charge in [-0.25, -0.2) is 4.79 Å². The molecular formula is C23H26N2O4S. The smallest absolute Gasteiger partial charge is 0.410 e. The average molecular weight is 427 g/mol. The number of thiophene rings is 1. The molecule has 1 fully saturated rings. The first-order chi connectivity index (χ1) is 14.1.